The summed E-state index contributed by atoms with van der Waals surface area (Å²) in [5, 5.41) is 10.2. The first-order valence-corrected chi connectivity index (χ1v) is 8.58. The number of aliphatic hydroxyl groups excluding tert-OH is 1. The lowest BCUT2D eigenvalue weighted by atomic mass is 9.78. The molecule has 23 heavy (non-hydrogen) atoms. The minimum Gasteiger partial charge on any atom is -0.396 e. The number of rotatable bonds is 9. The van der Waals surface area contributed by atoms with E-state index in [4.69, 9.17) is 15.7 Å². The van der Waals surface area contributed by atoms with Gasteiger partial charge < -0.3 is 10.8 Å². The van der Waals surface area contributed by atoms with Gasteiger partial charge in [-0.3, -0.25) is 14.4 Å². The molecule has 0 heterocycles. The Morgan fingerprint density at radius 1 is 1.35 bits per heavy atom. The average molecular weight is 328 g/mol. The highest BCUT2D eigenvalue weighted by atomic mass is 16.7. The van der Waals surface area contributed by atoms with Crippen LogP contribution in [0.2, 0.25) is 0 Å². The topological polar surface area (TPSA) is 92.9 Å². The highest BCUT2D eigenvalue weighted by molar-refractivity contribution is 5.86. The number of hydroxylamine groups is 2. The predicted octanol–water partition coefficient (Wildman–Crippen LogP) is 1.65. The maximum Gasteiger partial charge on any atom is 0.233 e. The van der Waals surface area contributed by atoms with E-state index in [1.807, 2.05) is 20.8 Å². The van der Waals surface area contributed by atoms with Crippen LogP contribution in [-0.4, -0.2) is 47.2 Å². The summed E-state index contributed by atoms with van der Waals surface area (Å²) in [5.41, 5.74) is 5.51. The lowest BCUT2D eigenvalue weighted by molar-refractivity contribution is -0.220. The molecule has 1 aliphatic carbocycles. The first-order valence-electron chi connectivity index (χ1n) is 8.58. The second-order valence-corrected chi connectivity index (χ2v) is 7.50. The lowest BCUT2D eigenvalue weighted by Gasteiger charge is -2.33. The fourth-order valence-electron chi connectivity index (χ4n) is 3.09. The largest absolute Gasteiger partial charge is 0.396 e. The predicted molar refractivity (Wildman–Crippen MR) is 88.4 cm³/mol. The number of hydrogen-bond acceptors (Lipinski definition) is 5. The molecule has 0 aromatic rings. The molecule has 0 saturated heterocycles. The zero-order chi connectivity index (χ0) is 17.5. The number of Topliss-reactive ketones (excluding diaryl/α,β-unsaturated/α-hetero) is 1. The van der Waals surface area contributed by atoms with Crippen LogP contribution < -0.4 is 5.73 Å². The van der Waals surface area contributed by atoms with Crippen molar-refractivity contribution in [3.8, 4) is 0 Å². The molecule has 1 fully saturated rings. The fourth-order valence-corrected chi connectivity index (χ4v) is 3.09. The van der Waals surface area contributed by atoms with Crippen LogP contribution in [0.4, 0.5) is 0 Å². The molecule has 1 rings (SSSR count). The highest BCUT2D eigenvalue weighted by Gasteiger charge is 2.30. The van der Waals surface area contributed by atoms with Gasteiger partial charge in [-0.05, 0) is 65.2 Å². The van der Waals surface area contributed by atoms with Crippen molar-refractivity contribution in [1.29, 1.82) is 0 Å². The van der Waals surface area contributed by atoms with Gasteiger partial charge in [-0.2, -0.15) is 0 Å². The summed E-state index contributed by atoms with van der Waals surface area (Å²) in [7, 11) is 0. The van der Waals surface area contributed by atoms with Gasteiger partial charge in [-0.15, -0.1) is 0 Å². The van der Waals surface area contributed by atoms with Crippen LogP contribution in [0.3, 0.4) is 0 Å². The molecule has 1 aliphatic rings. The molecule has 1 saturated carbocycles. The second-order valence-electron chi connectivity index (χ2n) is 7.50. The zero-order valence-corrected chi connectivity index (χ0v) is 14.7. The molecule has 6 nitrogen and oxygen atoms in total. The zero-order valence-electron chi connectivity index (χ0n) is 14.7. The number of amides is 1. The average Bonchev–Trinajstić information content (AvgIpc) is 2.50. The van der Waals surface area contributed by atoms with E-state index in [9.17, 15) is 9.59 Å². The van der Waals surface area contributed by atoms with Gasteiger partial charge in [0.2, 0.25) is 6.41 Å². The van der Waals surface area contributed by atoms with Gasteiger partial charge in [-0.25, -0.2) is 5.06 Å². The van der Waals surface area contributed by atoms with Crippen molar-refractivity contribution in [1.82, 2.24) is 5.06 Å². The molecule has 0 aromatic carbocycles. The number of aliphatic hydroxyl groups is 1. The molecule has 1 amide bonds. The van der Waals surface area contributed by atoms with Crippen LogP contribution in [0.1, 0.15) is 59.3 Å². The van der Waals surface area contributed by atoms with Gasteiger partial charge in [0.1, 0.15) is 0 Å². The van der Waals surface area contributed by atoms with Crippen molar-refractivity contribution < 1.29 is 19.5 Å². The Morgan fingerprint density at radius 2 is 1.96 bits per heavy atom. The third-order valence-electron chi connectivity index (χ3n) is 4.23. The monoisotopic (exact) mass is 328 g/mol. The first-order chi connectivity index (χ1) is 10.8. The standard InChI is InChI=1S/C17H32N2O4/c1-17(2,3)23-19(12-21)11-13-6-8-14(9-7-13)16(22)15(18)5-4-10-20/h12-15,20H,4-11,18H2,1-3H3. The molecule has 3 N–H and O–H groups in total. The van der Waals surface area contributed by atoms with E-state index in [0.717, 1.165) is 32.1 Å². The van der Waals surface area contributed by atoms with Gasteiger partial charge in [-0.1, -0.05) is 0 Å². The second kappa shape index (κ2) is 9.35. The third kappa shape index (κ3) is 7.42. The van der Waals surface area contributed by atoms with Crippen molar-refractivity contribution in [3.05, 3.63) is 0 Å². The Morgan fingerprint density at radius 3 is 2.43 bits per heavy atom. The van der Waals surface area contributed by atoms with E-state index < -0.39 is 11.6 Å². The van der Waals surface area contributed by atoms with Crippen molar-refractivity contribution in [2.75, 3.05) is 13.2 Å². The normalized spacial score (nSPS) is 23.3. The van der Waals surface area contributed by atoms with Crippen molar-refractivity contribution >= 4 is 12.2 Å². The van der Waals surface area contributed by atoms with Gasteiger partial charge in [0.15, 0.2) is 5.78 Å². The van der Waals surface area contributed by atoms with E-state index in [1.54, 1.807) is 0 Å². The highest BCUT2D eigenvalue weighted by Crippen LogP contribution is 2.31. The lowest BCUT2D eigenvalue weighted by Crippen LogP contribution is -2.40. The van der Waals surface area contributed by atoms with Crippen LogP contribution in [0.15, 0.2) is 0 Å². The fraction of sp³-hybridized carbons (Fsp3) is 0.882. The summed E-state index contributed by atoms with van der Waals surface area (Å²) >= 11 is 0. The summed E-state index contributed by atoms with van der Waals surface area (Å²) in [6.45, 7) is 6.37. The number of nitrogens with two attached hydrogens (primary N) is 1. The van der Waals surface area contributed by atoms with Crippen LogP contribution >= 0.6 is 0 Å². The number of carbonyl (C=O) groups excluding carboxylic acids is 2. The smallest absolute Gasteiger partial charge is 0.233 e. The van der Waals surface area contributed by atoms with E-state index in [1.165, 1.54) is 5.06 Å². The van der Waals surface area contributed by atoms with Gasteiger partial charge in [0, 0.05) is 12.5 Å². The van der Waals surface area contributed by atoms with Gasteiger partial charge in [0.05, 0.1) is 18.2 Å². The molecule has 0 spiro atoms. The summed E-state index contributed by atoms with van der Waals surface area (Å²) in [5.74, 6) is 0.503. The van der Waals surface area contributed by atoms with Crippen molar-refractivity contribution in [3.63, 3.8) is 0 Å². The van der Waals surface area contributed by atoms with Gasteiger partial charge in [0.25, 0.3) is 0 Å². The molecular weight excluding hydrogens is 296 g/mol. The van der Waals surface area contributed by atoms with Crippen molar-refractivity contribution in [2.45, 2.75) is 70.9 Å². The SMILES string of the molecule is CC(C)(C)ON(C=O)CC1CCC(C(=O)C(N)CCCO)CC1. The number of hydrogen-bond donors (Lipinski definition) is 2. The Bertz CT molecular complexity index is 373. The molecule has 0 radical (unpaired) electrons. The Labute approximate surface area is 139 Å². The summed E-state index contributed by atoms with van der Waals surface area (Å²) in [6, 6.07) is -0.459. The van der Waals surface area contributed by atoms with Crippen LogP contribution in [-0.2, 0) is 14.4 Å². The Hall–Kier alpha value is -0.980. The minimum atomic E-state index is -0.459. The van der Waals surface area contributed by atoms with Crippen LogP contribution in [0, 0.1) is 11.8 Å². The van der Waals surface area contributed by atoms with Gasteiger partial charge >= 0.3 is 0 Å². The van der Waals surface area contributed by atoms with Crippen LogP contribution in [0.5, 0.6) is 0 Å². The summed E-state index contributed by atoms with van der Waals surface area (Å²) < 4.78 is 0. The summed E-state index contributed by atoms with van der Waals surface area (Å²) in [6.07, 6.45) is 5.29. The number of ketones is 1. The molecule has 1 atom stereocenters. The van der Waals surface area contributed by atoms with E-state index in [0.29, 0.717) is 25.3 Å². The summed E-state index contributed by atoms with van der Waals surface area (Å²) in [4.78, 5) is 29.0. The number of nitrogens with zero attached hydrogens (tertiary/aromatic N) is 1. The van der Waals surface area contributed by atoms with E-state index in [-0.39, 0.29) is 18.3 Å². The Kier molecular flexibility index (Phi) is 8.16. The first kappa shape index (κ1) is 20.1. The van der Waals surface area contributed by atoms with E-state index >= 15 is 0 Å². The van der Waals surface area contributed by atoms with Crippen molar-refractivity contribution in [2.24, 2.45) is 17.6 Å². The van der Waals surface area contributed by atoms with Crippen LogP contribution in [0.25, 0.3) is 0 Å². The maximum absolute atomic E-state index is 12.3. The quantitative estimate of drug-likeness (QED) is 0.496. The third-order valence-corrected chi connectivity index (χ3v) is 4.23. The molecule has 0 bridgehead atoms. The molecule has 0 aliphatic heterocycles. The number of carbonyl (C=O) groups is 2. The molecule has 1 unspecified atom stereocenters. The minimum absolute atomic E-state index is 0.0214. The maximum atomic E-state index is 12.3. The molecule has 134 valence electrons. The Balaban J connectivity index is 2.39. The molecular formula is C17H32N2O4. The molecule has 6 heteroatoms. The van der Waals surface area contributed by atoms with E-state index in [2.05, 4.69) is 0 Å². The molecule has 0 aromatic heterocycles.